The standard InChI is InChI=1S/C12H12Cl2N2S/c1-12(2,15)11-16-10(6-17-11)8-4-3-7(13)5-9(8)14/h3-6H,15H2,1-2H3. The Kier molecular flexibility index (Phi) is 3.46. The summed E-state index contributed by atoms with van der Waals surface area (Å²) in [6, 6.07) is 5.38. The second-order valence-corrected chi connectivity index (χ2v) is 6.09. The molecule has 0 saturated heterocycles. The van der Waals surface area contributed by atoms with E-state index in [9.17, 15) is 0 Å². The van der Waals surface area contributed by atoms with Crippen LogP contribution in [-0.2, 0) is 5.54 Å². The summed E-state index contributed by atoms with van der Waals surface area (Å²) in [7, 11) is 0. The van der Waals surface area contributed by atoms with Crippen molar-refractivity contribution in [2.24, 2.45) is 5.73 Å². The van der Waals surface area contributed by atoms with Crippen molar-refractivity contribution >= 4 is 34.5 Å². The van der Waals surface area contributed by atoms with Gasteiger partial charge in [0.2, 0.25) is 0 Å². The second-order valence-electron chi connectivity index (χ2n) is 4.38. The molecule has 2 rings (SSSR count). The molecule has 0 radical (unpaired) electrons. The third-order valence-electron chi connectivity index (χ3n) is 2.26. The molecule has 0 spiro atoms. The monoisotopic (exact) mass is 286 g/mol. The molecule has 0 aliphatic carbocycles. The highest BCUT2D eigenvalue weighted by molar-refractivity contribution is 7.10. The Balaban J connectivity index is 2.44. The van der Waals surface area contributed by atoms with Crippen LogP contribution in [0.5, 0.6) is 0 Å². The Hall–Kier alpha value is -0.610. The van der Waals surface area contributed by atoms with Crippen LogP contribution in [0.4, 0.5) is 0 Å². The van der Waals surface area contributed by atoms with Gasteiger partial charge in [-0.3, -0.25) is 0 Å². The van der Waals surface area contributed by atoms with Crippen LogP contribution in [0.3, 0.4) is 0 Å². The lowest BCUT2D eigenvalue weighted by Gasteiger charge is -2.13. The Morgan fingerprint density at radius 1 is 1.29 bits per heavy atom. The number of benzene rings is 1. The molecule has 0 amide bonds. The van der Waals surface area contributed by atoms with Gasteiger partial charge in [0.15, 0.2) is 0 Å². The fraction of sp³-hybridized carbons (Fsp3) is 0.250. The fourth-order valence-electron chi connectivity index (χ4n) is 1.39. The zero-order chi connectivity index (χ0) is 12.6. The van der Waals surface area contributed by atoms with Crippen molar-refractivity contribution in [3.63, 3.8) is 0 Å². The van der Waals surface area contributed by atoms with Crippen LogP contribution in [0.25, 0.3) is 11.3 Å². The number of halogens is 2. The van der Waals surface area contributed by atoms with Gasteiger partial charge in [0.05, 0.1) is 16.3 Å². The average Bonchev–Trinajstić information content (AvgIpc) is 2.65. The van der Waals surface area contributed by atoms with Gasteiger partial charge in [0.25, 0.3) is 0 Å². The highest BCUT2D eigenvalue weighted by Gasteiger charge is 2.19. The summed E-state index contributed by atoms with van der Waals surface area (Å²) in [4.78, 5) is 4.51. The largest absolute Gasteiger partial charge is 0.320 e. The molecule has 2 N–H and O–H groups in total. The van der Waals surface area contributed by atoms with Crippen LogP contribution < -0.4 is 5.73 Å². The number of rotatable bonds is 2. The fourth-order valence-corrected chi connectivity index (χ4v) is 2.75. The number of nitrogens with zero attached hydrogens (tertiary/aromatic N) is 1. The number of nitrogens with two attached hydrogens (primary N) is 1. The first kappa shape index (κ1) is 12.8. The van der Waals surface area contributed by atoms with Crippen molar-refractivity contribution in [2.75, 3.05) is 0 Å². The summed E-state index contributed by atoms with van der Waals surface area (Å²) >= 11 is 13.5. The van der Waals surface area contributed by atoms with E-state index in [-0.39, 0.29) is 0 Å². The van der Waals surface area contributed by atoms with Crippen LogP contribution >= 0.6 is 34.5 Å². The van der Waals surface area contributed by atoms with Crippen molar-refractivity contribution in [1.82, 2.24) is 4.98 Å². The molecule has 17 heavy (non-hydrogen) atoms. The van der Waals surface area contributed by atoms with E-state index in [1.165, 1.54) is 11.3 Å². The van der Waals surface area contributed by atoms with E-state index in [1.807, 2.05) is 25.3 Å². The van der Waals surface area contributed by atoms with E-state index in [0.717, 1.165) is 16.3 Å². The van der Waals surface area contributed by atoms with Gasteiger partial charge >= 0.3 is 0 Å². The average molecular weight is 287 g/mol. The molecule has 2 aromatic rings. The zero-order valence-corrected chi connectivity index (χ0v) is 11.8. The number of hydrogen-bond acceptors (Lipinski definition) is 3. The highest BCUT2D eigenvalue weighted by atomic mass is 35.5. The molecule has 5 heteroatoms. The topological polar surface area (TPSA) is 38.9 Å². The molecular weight excluding hydrogens is 275 g/mol. The molecule has 0 aliphatic heterocycles. The smallest absolute Gasteiger partial charge is 0.113 e. The molecule has 0 saturated carbocycles. The van der Waals surface area contributed by atoms with Crippen LogP contribution in [0.2, 0.25) is 10.0 Å². The normalized spacial score (nSPS) is 11.8. The Morgan fingerprint density at radius 2 is 2.00 bits per heavy atom. The SMILES string of the molecule is CC(C)(N)c1nc(-c2ccc(Cl)cc2Cl)cs1. The Bertz CT molecular complexity index is 544. The lowest BCUT2D eigenvalue weighted by Crippen LogP contribution is -2.28. The van der Waals surface area contributed by atoms with E-state index in [4.69, 9.17) is 28.9 Å². The van der Waals surface area contributed by atoms with Crippen LogP contribution in [-0.4, -0.2) is 4.98 Å². The van der Waals surface area contributed by atoms with Gasteiger partial charge in [0.1, 0.15) is 5.01 Å². The van der Waals surface area contributed by atoms with Gasteiger partial charge in [-0.15, -0.1) is 11.3 Å². The predicted octanol–water partition coefficient (Wildman–Crippen LogP) is 4.31. The van der Waals surface area contributed by atoms with Crippen LogP contribution in [0, 0.1) is 0 Å². The summed E-state index contributed by atoms with van der Waals surface area (Å²) in [5.41, 5.74) is 7.29. The van der Waals surface area contributed by atoms with E-state index in [2.05, 4.69) is 4.98 Å². The minimum Gasteiger partial charge on any atom is -0.320 e. The molecule has 0 atom stereocenters. The van der Waals surface area contributed by atoms with Gasteiger partial charge < -0.3 is 5.73 Å². The first-order chi connectivity index (χ1) is 7.88. The van der Waals surface area contributed by atoms with E-state index >= 15 is 0 Å². The number of thiazole rings is 1. The van der Waals surface area contributed by atoms with E-state index in [1.54, 1.807) is 12.1 Å². The third-order valence-corrected chi connectivity index (χ3v) is 3.99. The minimum atomic E-state index is -0.429. The quantitative estimate of drug-likeness (QED) is 0.893. The number of aromatic nitrogens is 1. The zero-order valence-electron chi connectivity index (χ0n) is 9.50. The van der Waals surface area contributed by atoms with Gasteiger partial charge in [-0.2, -0.15) is 0 Å². The molecule has 0 aliphatic rings. The van der Waals surface area contributed by atoms with Crippen LogP contribution in [0.1, 0.15) is 18.9 Å². The second kappa shape index (κ2) is 4.58. The van der Waals surface area contributed by atoms with Gasteiger partial charge in [-0.1, -0.05) is 23.2 Å². The molecular formula is C12H12Cl2N2S. The summed E-state index contributed by atoms with van der Waals surface area (Å²) in [5, 5.41) is 4.06. The molecule has 1 aromatic heterocycles. The van der Waals surface area contributed by atoms with Crippen LogP contribution in [0.15, 0.2) is 23.6 Å². The van der Waals surface area contributed by atoms with Crippen molar-refractivity contribution in [3.8, 4) is 11.3 Å². The Labute approximate surface area is 114 Å². The maximum atomic E-state index is 6.14. The Morgan fingerprint density at radius 3 is 2.53 bits per heavy atom. The van der Waals surface area contributed by atoms with Crippen molar-refractivity contribution in [2.45, 2.75) is 19.4 Å². The van der Waals surface area contributed by atoms with Crippen molar-refractivity contribution < 1.29 is 0 Å². The maximum Gasteiger partial charge on any atom is 0.113 e. The van der Waals surface area contributed by atoms with Crippen molar-refractivity contribution in [3.05, 3.63) is 38.6 Å². The van der Waals surface area contributed by atoms with Crippen molar-refractivity contribution in [1.29, 1.82) is 0 Å². The van der Waals surface area contributed by atoms with E-state index < -0.39 is 5.54 Å². The predicted molar refractivity (Wildman–Crippen MR) is 74.8 cm³/mol. The molecule has 0 fully saturated rings. The first-order valence-corrected chi connectivity index (χ1v) is 6.72. The molecule has 2 nitrogen and oxygen atoms in total. The van der Waals surface area contributed by atoms with Gasteiger partial charge in [-0.05, 0) is 32.0 Å². The van der Waals surface area contributed by atoms with Gasteiger partial charge in [-0.25, -0.2) is 4.98 Å². The summed E-state index contributed by atoms with van der Waals surface area (Å²) < 4.78 is 0. The maximum absolute atomic E-state index is 6.14. The third kappa shape index (κ3) is 2.80. The summed E-state index contributed by atoms with van der Waals surface area (Å²) in [6.45, 7) is 3.86. The lowest BCUT2D eigenvalue weighted by atomic mass is 10.1. The molecule has 1 heterocycles. The summed E-state index contributed by atoms with van der Waals surface area (Å²) in [5.74, 6) is 0. The molecule has 0 unspecified atom stereocenters. The van der Waals surface area contributed by atoms with E-state index in [0.29, 0.717) is 10.0 Å². The molecule has 1 aromatic carbocycles. The molecule has 90 valence electrons. The first-order valence-electron chi connectivity index (χ1n) is 5.08. The summed E-state index contributed by atoms with van der Waals surface area (Å²) in [6.07, 6.45) is 0. The highest BCUT2D eigenvalue weighted by Crippen LogP contribution is 2.32. The number of hydrogen-bond donors (Lipinski definition) is 1. The lowest BCUT2D eigenvalue weighted by molar-refractivity contribution is 0.551. The van der Waals surface area contributed by atoms with Gasteiger partial charge in [0, 0.05) is 16.0 Å². The minimum absolute atomic E-state index is 0.429. The molecule has 0 bridgehead atoms.